The number of benzene rings is 1. The summed E-state index contributed by atoms with van der Waals surface area (Å²) in [6.45, 7) is 0.133. The van der Waals surface area contributed by atoms with Crippen LogP contribution in [0.2, 0.25) is 0 Å². The molecule has 0 radical (unpaired) electrons. The minimum Gasteiger partial charge on any atom is -0.341 e. The Morgan fingerprint density at radius 3 is 2.48 bits per heavy atom. The molecule has 0 saturated heterocycles. The molecule has 3 rings (SSSR count). The van der Waals surface area contributed by atoms with Crippen LogP contribution in [0.3, 0.4) is 0 Å². The number of aromatic nitrogens is 4. The van der Waals surface area contributed by atoms with Crippen molar-refractivity contribution in [3.8, 4) is 0 Å². The van der Waals surface area contributed by atoms with Crippen LogP contribution >= 0.6 is 0 Å². The lowest BCUT2D eigenvalue weighted by Gasteiger charge is -2.20. The maximum atomic E-state index is 13.1. The van der Waals surface area contributed by atoms with Crippen molar-refractivity contribution in [2.75, 3.05) is 7.05 Å². The number of hydrogen-bond acceptors (Lipinski definition) is 4. The average molecular weight is 437 g/mol. The standard InChI is InChI=1S/C20H22F3N5O3/c1-25(11-13-7-4-5-8-14(13)20(21,22)23)15(29)9-6-10-28-12-24-17-16(28)18(30)27(3)19(31)26(17)2/h4-5,7-8,12H,6,9-11H2,1-3H3. The third-order valence-electron chi connectivity index (χ3n) is 5.16. The molecule has 0 saturated carbocycles. The van der Waals surface area contributed by atoms with Crippen molar-refractivity contribution in [2.45, 2.75) is 32.1 Å². The number of alkyl halides is 3. The molecule has 0 spiro atoms. The lowest BCUT2D eigenvalue weighted by atomic mass is 10.1. The summed E-state index contributed by atoms with van der Waals surface area (Å²) in [4.78, 5) is 42.2. The molecule has 3 aromatic rings. The number of imidazole rings is 1. The lowest BCUT2D eigenvalue weighted by molar-refractivity contribution is -0.139. The van der Waals surface area contributed by atoms with Gasteiger partial charge in [0, 0.05) is 40.7 Å². The van der Waals surface area contributed by atoms with Crippen molar-refractivity contribution >= 4 is 17.1 Å². The third kappa shape index (κ3) is 4.39. The minimum absolute atomic E-state index is 0.0240. The molecule has 166 valence electrons. The van der Waals surface area contributed by atoms with Crippen molar-refractivity contribution < 1.29 is 18.0 Å². The Balaban J connectivity index is 1.68. The molecule has 0 unspecified atom stereocenters. The fourth-order valence-corrected chi connectivity index (χ4v) is 3.44. The van der Waals surface area contributed by atoms with Gasteiger partial charge in [0.15, 0.2) is 11.2 Å². The highest BCUT2D eigenvalue weighted by Crippen LogP contribution is 2.32. The molecule has 0 N–H and O–H groups in total. The fourth-order valence-electron chi connectivity index (χ4n) is 3.44. The van der Waals surface area contributed by atoms with E-state index in [1.165, 1.54) is 55.1 Å². The Bertz CT molecular complexity index is 1240. The van der Waals surface area contributed by atoms with Gasteiger partial charge in [-0.1, -0.05) is 18.2 Å². The number of amides is 1. The number of nitrogens with zero attached hydrogens (tertiary/aromatic N) is 5. The smallest absolute Gasteiger partial charge is 0.341 e. The molecule has 2 heterocycles. The molecule has 2 aromatic heterocycles. The number of carbonyl (C=O) groups excluding carboxylic acids is 1. The van der Waals surface area contributed by atoms with Crippen LogP contribution in [0, 0.1) is 0 Å². The number of carbonyl (C=O) groups is 1. The minimum atomic E-state index is -4.49. The zero-order valence-electron chi connectivity index (χ0n) is 17.3. The summed E-state index contributed by atoms with van der Waals surface area (Å²) in [7, 11) is 4.34. The van der Waals surface area contributed by atoms with Crippen molar-refractivity contribution in [2.24, 2.45) is 14.1 Å². The van der Waals surface area contributed by atoms with Gasteiger partial charge in [-0.3, -0.25) is 18.7 Å². The van der Waals surface area contributed by atoms with E-state index in [0.717, 1.165) is 10.6 Å². The molecule has 0 atom stereocenters. The van der Waals surface area contributed by atoms with E-state index < -0.39 is 23.0 Å². The van der Waals surface area contributed by atoms with Crippen molar-refractivity contribution in [3.63, 3.8) is 0 Å². The van der Waals surface area contributed by atoms with E-state index >= 15 is 0 Å². The molecule has 0 aliphatic heterocycles. The van der Waals surface area contributed by atoms with Crippen LogP contribution in [-0.4, -0.2) is 36.5 Å². The van der Waals surface area contributed by atoms with Crippen LogP contribution in [0.15, 0.2) is 40.2 Å². The second-order valence-electron chi connectivity index (χ2n) is 7.32. The van der Waals surface area contributed by atoms with Gasteiger partial charge < -0.3 is 9.47 Å². The molecule has 31 heavy (non-hydrogen) atoms. The summed E-state index contributed by atoms with van der Waals surface area (Å²) >= 11 is 0. The summed E-state index contributed by atoms with van der Waals surface area (Å²) in [6, 6.07) is 5.15. The highest BCUT2D eigenvalue weighted by Gasteiger charge is 2.33. The summed E-state index contributed by atoms with van der Waals surface area (Å²) < 4.78 is 43.2. The molecular formula is C20H22F3N5O3. The first-order valence-electron chi connectivity index (χ1n) is 9.52. The Kier molecular flexibility index (Phi) is 6.05. The normalized spacial score (nSPS) is 11.8. The monoisotopic (exact) mass is 437 g/mol. The van der Waals surface area contributed by atoms with E-state index in [1.807, 2.05) is 0 Å². The van der Waals surface area contributed by atoms with Gasteiger partial charge in [-0.25, -0.2) is 9.78 Å². The zero-order valence-corrected chi connectivity index (χ0v) is 17.3. The van der Waals surface area contributed by atoms with Gasteiger partial charge in [0.05, 0.1) is 11.9 Å². The van der Waals surface area contributed by atoms with Gasteiger partial charge in [-0.15, -0.1) is 0 Å². The zero-order chi connectivity index (χ0) is 22.9. The number of halogens is 3. The Morgan fingerprint density at radius 2 is 1.81 bits per heavy atom. The van der Waals surface area contributed by atoms with E-state index in [-0.39, 0.29) is 35.6 Å². The number of rotatable bonds is 6. The third-order valence-corrected chi connectivity index (χ3v) is 5.16. The molecular weight excluding hydrogens is 415 g/mol. The van der Waals surface area contributed by atoms with E-state index in [1.54, 1.807) is 4.57 Å². The highest BCUT2D eigenvalue weighted by molar-refractivity contribution is 5.76. The molecule has 1 aromatic carbocycles. The van der Waals surface area contributed by atoms with Crippen LogP contribution in [0.1, 0.15) is 24.0 Å². The first kappa shape index (κ1) is 22.3. The van der Waals surface area contributed by atoms with Crippen molar-refractivity contribution in [1.29, 1.82) is 0 Å². The van der Waals surface area contributed by atoms with E-state index in [0.29, 0.717) is 13.0 Å². The van der Waals surface area contributed by atoms with Crippen LogP contribution < -0.4 is 11.2 Å². The predicted molar refractivity (Wildman–Crippen MR) is 107 cm³/mol. The highest BCUT2D eigenvalue weighted by atomic mass is 19.4. The molecule has 11 heteroatoms. The van der Waals surface area contributed by atoms with Crippen molar-refractivity contribution in [3.05, 3.63) is 62.6 Å². The maximum Gasteiger partial charge on any atom is 0.416 e. The molecule has 0 aliphatic rings. The largest absolute Gasteiger partial charge is 0.416 e. The van der Waals surface area contributed by atoms with E-state index in [2.05, 4.69) is 4.98 Å². The summed E-state index contributed by atoms with van der Waals surface area (Å²) in [5, 5.41) is 0. The van der Waals surface area contributed by atoms with Crippen LogP contribution in [0.5, 0.6) is 0 Å². The summed E-state index contributed by atoms with van der Waals surface area (Å²) in [6.07, 6.45) is -2.63. The van der Waals surface area contributed by atoms with Gasteiger partial charge >= 0.3 is 11.9 Å². The van der Waals surface area contributed by atoms with Gasteiger partial charge in [0.25, 0.3) is 5.56 Å². The van der Waals surface area contributed by atoms with Crippen LogP contribution in [0.25, 0.3) is 11.2 Å². The average Bonchev–Trinajstić information content (AvgIpc) is 3.14. The SMILES string of the molecule is CN(Cc1ccccc1C(F)(F)F)C(=O)CCCn1cnc2c1c(=O)n(C)c(=O)n2C. The maximum absolute atomic E-state index is 13.1. The van der Waals surface area contributed by atoms with Crippen LogP contribution in [0.4, 0.5) is 13.2 Å². The Hall–Kier alpha value is -3.37. The molecule has 8 nitrogen and oxygen atoms in total. The molecule has 0 fully saturated rings. The number of hydrogen-bond donors (Lipinski definition) is 0. The summed E-state index contributed by atoms with van der Waals surface area (Å²) in [5.74, 6) is -0.318. The molecule has 0 aliphatic carbocycles. The van der Waals surface area contributed by atoms with Gasteiger partial charge in [0.2, 0.25) is 5.91 Å². The number of fused-ring (bicyclic) bond motifs is 1. The van der Waals surface area contributed by atoms with Gasteiger partial charge in [-0.2, -0.15) is 13.2 Å². The predicted octanol–water partition coefficient (Wildman–Crippen LogP) is 1.89. The van der Waals surface area contributed by atoms with Crippen molar-refractivity contribution in [1.82, 2.24) is 23.6 Å². The molecule has 0 bridgehead atoms. The quantitative estimate of drug-likeness (QED) is 0.590. The second kappa shape index (κ2) is 8.40. The Morgan fingerprint density at radius 1 is 1.13 bits per heavy atom. The lowest BCUT2D eigenvalue weighted by Crippen LogP contribution is -2.37. The topological polar surface area (TPSA) is 82.1 Å². The van der Waals surface area contributed by atoms with Crippen LogP contribution in [-0.2, 0) is 38.2 Å². The van der Waals surface area contributed by atoms with E-state index in [9.17, 15) is 27.6 Å². The van der Waals surface area contributed by atoms with E-state index in [4.69, 9.17) is 0 Å². The van der Waals surface area contributed by atoms with Gasteiger partial charge in [-0.05, 0) is 18.1 Å². The fraction of sp³-hybridized carbons (Fsp3) is 0.400. The Labute approximate surface area is 175 Å². The molecule has 1 amide bonds. The van der Waals surface area contributed by atoms with Gasteiger partial charge in [0.1, 0.15) is 0 Å². The number of aryl methyl sites for hydroxylation is 2. The first-order chi connectivity index (χ1) is 14.5. The first-order valence-corrected chi connectivity index (χ1v) is 9.52. The second-order valence-corrected chi connectivity index (χ2v) is 7.32. The summed E-state index contributed by atoms with van der Waals surface area (Å²) in [5.41, 5.74) is -1.21.